The second kappa shape index (κ2) is 6.77. The van der Waals surface area contributed by atoms with Crippen molar-refractivity contribution in [1.82, 2.24) is 14.0 Å². The molecule has 1 amide bonds. The van der Waals surface area contributed by atoms with E-state index in [1.165, 1.54) is 14.1 Å². The van der Waals surface area contributed by atoms with Gasteiger partial charge < -0.3 is 10.0 Å². The van der Waals surface area contributed by atoms with Crippen LogP contribution >= 0.6 is 0 Å². The van der Waals surface area contributed by atoms with Gasteiger partial charge in [-0.25, -0.2) is 4.79 Å². The van der Waals surface area contributed by atoms with Crippen LogP contribution in [0, 0.1) is 6.92 Å². The van der Waals surface area contributed by atoms with Crippen molar-refractivity contribution in [3.8, 4) is 5.88 Å². The highest BCUT2D eigenvalue weighted by Crippen LogP contribution is 2.40. The molecule has 0 fully saturated rings. The number of amides is 1. The number of aromatic nitrogens is 2. The summed E-state index contributed by atoms with van der Waals surface area (Å²) < 4.78 is 1.97. The van der Waals surface area contributed by atoms with E-state index in [1.54, 1.807) is 29.2 Å². The third-order valence-electron chi connectivity index (χ3n) is 5.47. The second-order valence-corrected chi connectivity index (χ2v) is 7.35. The third kappa shape index (κ3) is 2.86. The summed E-state index contributed by atoms with van der Waals surface area (Å²) in [6.07, 6.45) is 0. The van der Waals surface area contributed by atoms with Crippen LogP contribution in [0.1, 0.15) is 38.7 Å². The van der Waals surface area contributed by atoms with Crippen LogP contribution in [0.2, 0.25) is 0 Å². The van der Waals surface area contributed by atoms with E-state index in [-0.39, 0.29) is 18.0 Å². The first-order valence-electron chi connectivity index (χ1n) is 9.25. The van der Waals surface area contributed by atoms with Crippen molar-refractivity contribution in [2.75, 3.05) is 0 Å². The molecule has 7 heteroatoms. The first-order chi connectivity index (χ1) is 13.8. The molecule has 148 valence electrons. The molecular weight excluding hydrogens is 370 g/mol. The number of hydrogen-bond acceptors (Lipinski definition) is 4. The average Bonchev–Trinajstić information content (AvgIpc) is 2.99. The predicted octanol–water partition coefficient (Wildman–Crippen LogP) is 1.84. The van der Waals surface area contributed by atoms with Crippen LogP contribution in [0.15, 0.2) is 58.1 Å². The maximum absolute atomic E-state index is 13.2. The first-order valence-corrected chi connectivity index (χ1v) is 9.25. The number of fused-ring (bicyclic) bond motifs is 1. The van der Waals surface area contributed by atoms with Gasteiger partial charge in [0.25, 0.3) is 11.5 Å². The van der Waals surface area contributed by atoms with Gasteiger partial charge in [-0.2, -0.15) is 0 Å². The van der Waals surface area contributed by atoms with E-state index < -0.39 is 23.2 Å². The summed E-state index contributed by atoms with van der Waals surface area (Å²) in [4.78, 5) is 39.9. The molecule has 29 heavy (non-hydrogen) atoms. The minimum absolute atomic E-state index is 0.0139. The average molecular weight is 391 g/mol. The summed E-state index contributed by atoms with van der Waals surface area (Å²) in [6.45, 7) is 2.25. The van der Waals surface area contributed by atoms with Crippen molar-refractivity contribution in [2.24, 2.45) is 14.1 Å². The van der Waals surface area contributed by atoms with Gasteiger partial charge in [-0.15, -0.1) is 0 Å². The molecule has 0 aliphatic carbocycles. The minimum atomic E-state index is -0.787. The number of aryl methyl sites for hydroxylation is 1. The molecule has 1 unspecified atom stereocenters. The molecule has 1 aromatic heterocycles. The van der Waals surface area contributed by atoms with E-state index in [0.29, 0.717) is 11.1 Å². The predicted molar refractivity (Wildman–Crippen MR) is 108 cm³/mol. The molecule has 0 radical (unpaired) electrons. The van der Waals surface area contributed by atoms with Crippen molar-refractivity contribution < 1.29 is 9.90 Å². The Kier molecular flexibility index (Phi) is 4.38. The topological polar surface area (TPSA) is 84.5 Å². The van der Waals surface area contributed by atoms with Gasteiger partial charge in [0.15, 0.2) is 0 Å². The summed E-state index contributed by atoms with van der Waals surface area (Å²) in [6, 6.07) is 14.0. The largest absolute Gasteiger partial charge is 0.494 e. The smallest absolute Gasteiger partial charge is 0.333 e. The maximum atomic E-state index is 13.2. The molecule has 1 aliphatic heterocycles. The highest BCUT2D eigenvalue weighted by Gasteiger charge is 2.41. The molecule has 2 aromatic carbocycles. The van der Waals surface area contributed by atoms with Crippen molar-refractivity contribution in [1.29, 1.82) is 0 Å². The van der Waals surface area contributed by atoms with Crippen LogP contribution in [0.3, 0.4) is 0 Å². The standard InChI is InChI=1S/C22H21N3O4/c1-13-8-10-14(11-9-13)12-25-18(15-6-4-5-7-16(15)19(25)26)17-20(27)23(2)22(29)24(3)21(17)28/h4-11,18,27H,12H2,1-3H3. The number of benzene rings is 2. The van der Waals surface area contributed by atoms with E-state index in [4.69, 9.17) is 0 Å². The monoisotopic (exact) mass is 391 g/mol. The Labute approximate surface area is 167 Å². The number of nitrogens with zero attached hydrogens (tertiary/aromatic N) is 3. The molecule has 4 rings (SSSR count). The second-order valence-electron chi connectivity index (χ2n) is 7.35. The molecule has 0 spiro atoms. The van der Waals surface area contributed by atoms with Gasteiger partial charge >= 0.3 is 5.69 Å². The fourth-order valence-corrected chi connectivity index (χ4v) is 3.83. The van der Waals surface area contributed by atoms with Gasteiger partial charge in [-0.05, 0) is 24.1 Å². The highest BCUT2D eigenvalue weighted by atomic mass is 16.3. The van der Waals surface area contributed by atoms with E-state index in [9.17, 15) is 19.5 Å². The molecule has 0 bridgehead atoms. The van der Waals surface area contributed by atoms with Crippen molar-refractivity contribution in [3.05, 3.63) is 97.2 Å². The minimum Gasteiger partial charge on any atom is -0.494 e. The molecular formula is C22H21N3O4. The van der Waals surface area contributed by atoms with Gasteiger partial charge in [0, 0.05) is 26.2 Å². The van der Waals surface area contributed by atoms with Crippen LogP contribution in [0.5, 0.6) is 5.88 Å². The Hall–Kier alpha value is -3.61. The molecule has 3 aromatic rings. The molecule has 7 nitrogen and oxygen atoms in total. The number of carbonyl (C=O) groups excluding carboxylic acids is 1. The Bertz CT molecular complexity index is 1240. The van der Waals surface area contributed by atoms with Crippen LogP contribution in [0.4, 0.5) is 0 Å². The quantitative estimate of drug-likeness (QED) is 0.738. The van der Waals surface area contributed by atoms with Gasteiger partial charge in [-0.1, -0.05) is 48.0 Å². The summed E-state index contributed by atoms with van der Waals surface area (Å²) in [5.74, 6) is -0.650. The third-order valence-corrected chi connectivity index (χ3v) is 5.47. The fourth-order valence-electron chi connectivity index (χ4n) is 3.83. The number of carbonyl (C=O) groups is 1. The summed E-state index contributed by atoms with van der Waals surface area (Å²) in [5, 5.41) is 10.7. The Morgan fingerprint density at radius 3 is 2.28 bits per heavy atom. The lowest BCUT2D eigenvalue weighted by molar-refractivity contribution is 0.0732. The van der Waals surface area contributed by atoms with E-state index >= 15 is 0 Å². The normalized spacial score (nSPS) is 15.6. The van der Waals surface area contributed by atoms with E-state index in [2.05, 4.69) is 0 Å². The maximum Gasteiger partial charge on any atom is 0.333 e. The lowest BCUT2D eigenvalue weighted by Crippen LogP contribution is -2.41. The number of aromatic hydroxyl groups is 1. The van der Waals surface area contributed by atoms with Crippen molar-refractivity contribution in [3.63, 3.8) is 0 Å². The fraction of sp³-hybridized carbons (Fsp3) is 0.227. The summed E-state index contributed by atoms with van der Waals surface area (Å²) in [5.41, 5.74) is 1.90. The summed E-state index contributed by atoms with van der Waals surface area (Å²) in [7, 11) is 2.76. The highest BCUT2D eigenvalue weighted by molar-refractivity contribution is 5.99. The Morgan fingerprint density at radius 2 is 1.59 bits per heavy atom. The van der Waals surface area contributed by atoms with Crippen molar-refractivity contribution >= 4 is 5.91 Å². The lowest BCUT2D eigenvalue weighted by Gasteiger charge is -2.26. The van der Waals surface area contributed by atoms with Crippen LogP contribution in [-0.4, -0.2) is 25.0 Å². The molecule has 1 aliphatic rings. The molecule has 2 heterocycles. The molecule has 0 saturated carbocycles. The Balaban J connectivity index is 1.93. The van der Waals surface area contributed by atoms with Gasteiger partial charge in [0.05, 0.1) is 6.04 Å². The molecule has 1 atom stereocenters. The van der Waals surface area contributed by atoms with Gasteiger partial charge in [0.1, 0.15) is 5.56 Å². The molecule has 1 N–H and O–H groups in total. The zero-order valence-corrected chi connectivity index (χ0v) is 16.4. The van der Waals surface area contributed by atoms with Crippen LogP contribution in [0.25, 0.3) is 0 Å². The first kappa shape index (κ1) is 18.7. The molecule has 0 saturated heterocycles. The van der Waals surface area contributed by atoms with Crippen LogP contribution < -0.4 is 11.2 Å². The lowest BCUT2D eigenvalue weighted by atomic mass is 9.99. The zero-order chi connectivity index (χ0) is 20.9. The zero-order valence-electron chi connectivity index (χ0n) is 16.4. The summed E-state index contributed by atoms with van der Waals surface area (Å²) >= 11 is 0. The SMILES string of the molecule is Cc1ccc(CN2C(=O)c3ccccc3C2c2c(O)n(C)c(=O)n(C)c2=O)cc1. The van der Waals surface area contributed by atoms with E-state index in [1.807, 2.05) is 31.2 Å². The van der Waals surface area contributed by atoms with Crippen molar-refractivity contribution in [2.45, 2.75) is 19.5 Å². The number of hydrogen-bond donors (Lipinski definition) is 1. The van der Waals surface area contributed by atoms with Gasteiger partial charge in [-0.3, -0.25) is 18.7 Å². The van der Waals surface area contributed by atoms with E-state index in [0.717, 1.165) is 20.3 Å². The number of rotatable bonds is 3. The van der Waals surface area contributed by atoms with Gasteiger partial charge in [0.2, 0.25) is 5.88 Å². The van der Waals surface area contributed by atoms with Crippen LogP contribution in [-0.2, 0) is 20.6 Å². The Morgan fingerprint density at radius 1 is 0.931 bits per heavy atom.